The fourth-order valence-corrected chi connectivity index (χ4v) is 2.63. The van der Waals surface area contributed by atoms with Crippen LogP contribution in [0.2, 0.25) is 0 Å². The molecule has 144 valence electrons. The summed E-state index contributed by atoms with van der Waals surface area (Å²) in [6.45, 7) is -0.716. The zero-order valence-corrected chi connectivity index (χ0v) is 14.3. The van der Waals surface area contributed by atoms with Gasteiger partial charge in [0.25, 0.3) is 11.6 Å². The maximum Gasteiger partial charge on any atom is 0.438 e. The number of aliphatic hydroxyl groups is 1. The fraction of sp³-hybridized carbons (Fsp3) is 0.211. The molecule has 2 aromatic carbocycles. The van der Waals surface area contributed by atoms with E-state index in [4.69, 9.17) is 10.00 Å². The van der Waals surface area contributed by atoms with Gasteiger partial charge in [0.2, 0.25) is 0 Å². The van der Waals surface area contributed by atoms with E-state index in [2.05, 4.69) is 5.10 Å². The number of hydrogen-bond donors (Lipinski definition) is 1. The molecule has 1 atom stereocenters. The zero-order chi connectivity index (χ0) is 20.4. The van der Waals surface area contributed by atoms with E-state index in [9.17, 15) is 23.1 Å². The third-order valence-electron chi connectivity index (χ3n) is 4.18. The molecule has 0 saturated carbocycles. The van der Waals surface area contributed by atoms with Gasteiger partial charge in [0.05, 0.1) is 11.6 Å². The fourth-order valence-electron chi connectivity index (χ4n) is 2.63. The Hall–Kier alpha value is -3.38. The first-order valence-corrected chi connectivity index (χ1v) is 8.12. The highest BCUT2D eigenvalue weighted by Crippen LogP contribution is 2.38. The number of alkyl halides is 3. The lowest BCUT2D eigenvalue weighted by Gasteiger charge is -2.32. The number of nitrogens with zero attached hydrogens (tertiary/aromatic N) is 3. The van der Waals surface area contributed by atoms with Crippen LogP contribution in [-0.2, 0) is 4.79 Å². The number of hydrazone groups is 1. The van der Waals surface area contributed by atoms with Crippen LogP contribution >= 0.6 is 0 Å². The van der Waals surface area contributed by atoms with Gasteiger partial charge in [0.1, 0.15) is 5.75 Å². The van der Waals surface area contributed by atoms with Crippen molar-refractivity contribution in [3.63, 3.8) is 0 Å². The number of benzene rings is 2. The Balaban J connectivity index is 1.64. The van der Waals surface area contributed by atoms with Gasteiger partial charge in [-0.25, -0.2) is 0 Å². The smallest absolute Gasteiger partial charge is 0.438 e. The third-order valence-corrected chi connectivity index (χ3v) is 4.18. The Kier molecular flexibility index (Phi) is 5.07. The van der Waals surface area contributed by atoms with Gasteiger partial charge < -0.3 is 9.84 Å². The molecule has 2 aromatic rings. The lowest BCUT2D eigenvalue weighted by molar-refractivity contribution is -0.302. The molecule has 0 aromatic heterocycles. The van der Waals surface area contributed by atoms with Crippen molar-refractivity contribution < 1.29 is 27.8 Å². The van der Waals surface area contributed by atoms with E-state index in [1.165, 1.54) is 0 Å². The Morgan fingerprint density at radius 3 is 2.29 bits per heavy atom. The van der Waals surface area contributed by atoms with Crippen LogP contribution in [0.5, 0.6) is 5.75 Å². The molecule has 0 saturated heterocycles. The highest BCUT2D eigenvalue weighted by atomic mass is 19.4. The van der Waals surface area contributed by atoms with Gasteiger partial charge in [-0.1, -0.05) is 24.3 Å². The Morgan fingerprint density at radius 1 is 1.18 bits per heavy atom. The number of rotatable bonds is 4. The second-order valence-electron chi connectivity index (χ2n) is 6.02. The summed E-state index contributed by atoms with van der Waals surface area (Å²) in [6.07, 6.45) is -5.04. The van der Waals surface area contributed by atoms with E-state index in [1.807, 2.05) is 6.07 Å². The highest BCUT2D eigenvalue weighted by molar-refractivity contribution is 5.81. The van der Waals surface area contributed by atoms with Crippen molar-refractivity contribution in [2.45, 2.75) is 18.3 Å². The molecular weight excluding hydrogens is 375 g/mol. The van der Waals surface area contributed by atoms with Crippen molar-refractivity contribution in [3.8, 4) is 22.9 Å². The van der Waals surface area contributed by atoms with Gasteiger partial charge in [-0.2, -0.15) is 28.5 Å². The average molecular weight is 389 g/mol. The van der Waals surface area contributed by atoms with Gasteiger partial charge in [-0.05, 0) is 35.4 Å². The van der Waals surface area contributed by atoms with Crippen LogP contribution < -0.4 is 4.74 Å². The van der Waals surface area contributed by atoms with Crippen LogP contribution in [0.4, 0.5) is 13.2 Å². The average Bonchev–Trinajstić information content (AvgIpc) is 3.10. The second kappa shape index (κ2) is 7.32. The van der Waals surface area contributed by atoms with Gasteiger partial charge in [-0.15, -0.1) is 0 Å². The van der Waals surface area contributed by atoms with Crippen LogP contribution in [0.15, 0.2) is 53.6 Å². The van der Waals surface area contributed by atoms with E-state index in [0.717, 1.165) is 17.3 Å². The van der Waals surface area contributed by atoms with Crippen molar-refractivity contribution in [2.75, 3.05) is 6.61 Å². The molecule has 1 heterocycles. The van der Waals surface area contributed by atoms with E-state index in [1.54, 1.807) is 48.5 Å². The molecule has 6 nitrogen and oxygen atoms in total. The number of ether oxygens (including phenoxy) is 1. The van der Waals surface area contributed by atoms with Crippen LogP contribution in [-0.4, -0.2) is 40.7 Å². The summed E-state index contributed by atoms with van der Waals surface area (Å²) in [5.41, 5.74) is -1.12. The monoisotopic (exact) mass is 389 g/mol. The van der Waals surface area contributed by atoms with E-state index >= 15 is 0 Å². The number of hydrogen-bond acceptors (Lipinski definition) is 5. The van der Waals surface area contributed by atoms with Gasteiger partial charge >= 0.3 is 6.18 Å². The molecule has 1 aliphatic heterocycles. The number of carbonyl (C=O) groups excluding carboxylic acids is 1. The topological polar surface area (TPSA) is 85.9 Å². The first-order valence-electron chi connectivity index (χ1n) is 8.12. The standard InChI is InChI=1S/C19H14F3N3O3/c20-19(21,22)18(27)9-10-24-25(18)17(26)12-28-16-7-5-15(6-8-16)14-3-1-13(11-23)2-4-14/h1-8,10,27H,9,12H2/t18-/m1/s1. The van der Waals surface area contributed by atoms with Crippen LogP contribution in [0, 0.1) is 11.3 Å². The minimum Gasteiger partial charge on any atom is -0.484 e. The first-order chi connectivity index (χ1) is 13.2. The molecule has 1 aliphatic rings. The van der Waals surface area contributed by atoms with Crippen LogP contribution in [0.1, 0.15) is 12.0 Å². The minimum atomic E-state index is -5.04. The predicted octanol–water partition coefficient (Wildman–Crippen LogP) is 3.07. The summed E-state index contributed by atoms with van der Waals surface area (Å²) in [7, 11) is 0. The molecule has 0 unspecified atom stereocenters. The van der Waals surface area contributed by atoms with Gasteiger partial charge in [-0.3, -0.25) is 4.79 Å². The lowest BCUT2D eigenvalue weighted by Crippen LogP contribution is -2.57. The van der Waals surface area contributed by atoms with Crippen molar-refractivity contribution >= 4 is 12.1 Å². The second-order valence-corrected chi connectivity index (χ2v) is 6.02. The van der Waals surface area contributed by atoms with Gasteiger partial charge in [0, 0.05) is 12.6 Å². The summed E-state index contributed by atoms with van der Waals surface area (Å²) < 4.78 is 44.2. The first kappa shape index (κ1) is 19.4. The maximum absolute atomic E-state index is 13.0. The predicted molar refractivity (Wildman–Crippen MR) is 93.0 cm³/mol. The Bertz CT molecular complexity index is 934. The maximum atomic E-state index is 13.0. The molecule has 1 N–H and O–H groups in total. The van der Waals surface area contributed by atoms with E-state index in [-0.39, 0.29) is 10.8 Å². The van der Waals surface area contributed by atoms with Crippen molar-refractivity contribution in [1.29, 1.82) is 5.26 Å². The quantitative estimate of drug-likeness (QED) is 0.871. The molecule has 0 spiro atoms. The molecule has 3 rings (SSSR count). The van der Waals surface area contributed by atoms with Crippen LogP contribution in [0.25, 0.3) is 11.1 Å². The molecule has 0 radical (unpaired) electrons. The summed E-state index contributed by atoms with van der Waals surface area (Å²) in [5, 5.41) is 21.9. The number of nitriles is 1. The molecule has 1 amide bonds. The molecule has 0 fully saturated rings. The normalized spacial score (nSPS) is 18.8. The molecule has 0 bridgehead atoms. The SMILES string of the molecule is N#Cc1ccc(-c2ccc(OCC(=O)N3N=CC[C@@]3(O)C(F)(F)F)cc2)cc1. The minimum absolute atomic E-state index is 0.00187. The third kappa shape index (κ3) is 3.68. The lowest BCUT2D eigenvalue weighted by atomic mass is 10.0. The number of halogens is 3. The number of amides is 1. The Morgan fingerprint density at radius 2 is 1.75 bits per heavy atom. The van der Waals surface area contributed by atoms with E-state index < -0.39 is 30.8 Å². The van der Waals surface area contributed by atoms with Crippen molar-refractivity contribution in [2.24, 2.45) is 5.10 Å². The molecule has 9 heteroatoms. The summed E-state index contributed by atoms with van der Waals surface area (Å²) in [4.78, 5) is 12.0. The Labute approximate surface area is 158 Å². The van der Waals surface area contributed by atoms with Crippen molar-refractivity contribution in [3.05, 3.63) is 54.1 Å². The largest absolute Gasteiger partial charge is 0.484 e. The van der Waals surface area contributed by atoms with Crippen molar-refractivity contribution in [1.82, 2.24) is 5.01 Å². The summed E-state index contributed by atoms with van der Waals surface area (Å²) in [5.74, 6) is -0.853. The van der Waals surface area contributed by atoms with Crippen LogP contribution in [0.3, 0.4) is 0 Å². The molecular formula is C19H14F3N3O3. The number of carbonyl (C=O) groups is 1. The summed E-state index contributed by atoms with van der Waals surface area (Å²) >= 11 is 0. The molecule has 28 heavy (non-hydrogen) atoms. The highest BCUT2D eigenvalue weighted by Gasteiger charge is 2.61. The van der Waals surface area contributed by atoms with E-state index in [0.29, 0.717) is 5.56 Å². The van der Waals surface area contributed by atoms with Gasteiger partial charge in [0.15, 0.2) is 6.61 Å². The summed E-state index contributed by atoms with van der Waals surface area (Å²) in [6, 6.07) is 15.5. The zero-order valence-electron chi connectivity index (χ0n) is 14.3. The molecule has 0 aliphatic carbocycles.